The molecule has 0 bridgehead atoms. The van der Waals surface area contributed by atoms with E-state index in [1.54, 1.807) is 37.6 Å². The number of nitrogens with one attached hydrogen (secondary N) is 1. The van der Waals surface area contributed by atoms with Crippen molar-refractivity contribution < 1.29 is 14.3 Å². The molecular formula is C22H19N3O3S. The first kappa shape index (κ1) is 20.1. The maximum atomic E-state index is 11.9. The molecule has 0 saturated heterocycles. The minimum atomic E-state index is -0.168. The first-order valence-corrected chi connectivity index (χ1v) is 9.70. The number of thiophene rings is 1. The Morgan fingerprint density at radius 3 is 2.72 bits per heavy atom. The summed E-state index contributed by atoms with van der Waals surface area (Å²) >= 11 is 1.53. The first-order valence-electron chi connectivity index (χ1n) is 8.82. The number of hydrogen-bond acceptors (Lipinski definition) is 6. The second kappa shape index (κ2) is 10.1. The summed E-state index contributed by atoms with van der Waals surface area (Å²) in [7, 11) is 1.56. The van der Waals surface area contributed by atoms with Gasteiger partial charge in [0.15, 0.2) is 11.5 Å². The number of nitriles is 1. The zero-order valence-electron chi connectivity index (χ0n) is 15.8. The summed E-state index contributed by atoms with van der Waals surface area (Å²) in [5, 5.41) is 14.8. The van der Waals surface area contributed by atoms with E-state index in [-0.39, 0.29) is 5.91 Å². The number of carbonyl (C=O) groups excluding carboxylic acids is 1. The van der Waals surface area contributed by atoms with Crippen molar-refractivity contribution in [1.29, 1.82) is 5.26 Å². The summed E-state index contributed by atoms with van der Waals surface area (Å²) in [6, 6.07) is 18.5. The van der Waals surface area contributed by atoms with Crippen LogP contribution in [0.15, 0.2) is 65.1 Å². The van der Waals surface area contributed by atoms with Crippen molar-refractivity contribution in [2.45, 2.75) is 13.0 Å². The van der Waals surface area contributed by atoms with Crippen molar-refractivity contribution in [3.05, 3.63) is 81.5 Å². The Morgan fingerprint density at radius 1 is 1.21 bits per heavy atom. The average molecular weight is 405 g/mol. The number of hydrazone groups is 1. The number of methoxy groups -OCH3 is 1. The summed E-state index contributed by atoms with van der Waals surface area (Å²) in [6.07, 6.45) is 1.86. The Balaban J connectivity index is 1.57. The molecule has 3 aromatic rings. The smallest absolute Gasteiger partial charge is 0.245 e. The third-order valence-electron chi connectivity index (χ3n) is 3.98. The van der Waals surface area contributed by atoms with E-state index < -0.39 is 0 Å². The number of amides is 1. The van der Waals surface area contributed by atoms with Gasteiger partial charge in [0.05, 0.1) is 31.4 Å². The Bertz CT molecular complexity index is 1020. The highest BCUT2D eigenvalue weighted by Gasteiger charge is 2.06. The van der Waals surface area contributed by atoms with Gasteiger partial charge in [0.2, 0.25) is 5.91 Å². The summed E-state index contributed by atoms with van der Waals surface area (Å²) in [4.78, 5) is 12.8. The van der Waals surface area contributed by atoms with Crippen molar-refractivity contribution >= 4 is 23.5 Å². The van der Waals surface area contributed by atoms with Gasteiger partial charge in [0.1, 0.15) is 6.61 Å². The van der Waals surface area contributed by atoms with E-state index in [2.05, 4.69) is 16.6 Å². The van der Waals surface area contributed by atoms with Crippen molar-refractivity contribution in [3.8, 4) is 17.6 Å². The van der Waals surface area contributed by atoms with Crippen molar-refractivity contribution in [2.24, 2.45) is 5.10 Å². The molecule has 7 heteroatoms. The molecule has 1 N–H and O–H groups in total. The fourth-order valence-corrected chi connectivity index (χ4v) is 3.21. The molecule has 1 amide bonds. The molecule has 2 aromatic carbocycles. The van der Waals surface area contributed by atoms with Crippen molar-refractivity contribution in [3.63, 3.8) is 0 Å². The summed E-state index contributed by atoms with van der Waals surface area (Å²) in [5.74, 6) is 0.987. The van der Waals surface area contributed by atoms with Gasteiger partial charge in [0.25, 0.3) is 0 Å². The van der Waals surface area contributed by atoms with Crippen LogP contribution in [0.2, 0.25) is 0 Å². The van der Waals surface area contributed by atoms with Gasteiger partial charge < -0.3 is 9.47 Å². The third-order valence-corrected chi connectivity index (χ3v) is 4.86. The zero-order valence-corrected chi connectivity index (χ0v) is 16.6. The fourth-order valence-electron chi connectivity index (χ4n) is 2.51. The molecule has 29 heavy (non-hydrogen) atoms. The summed E-state index contributed by atoms with van der Waals surface area (Å²) in [6.45, 7) is 0.355. The largest absolute Gasteiger partial charge is 0.493 e. The Labute approximate surface area is 173 Å². The molecule has 0 fully saturated rings. The SMILES string of the molecule is COc1cc(/C=N\NC(=O)Cc2cccs2)ccc1OCc1ccc(C#N)cc1. The van der Waals surface area contributed by atoms with E-state index in [9.17, 15) is 4.79 Å². The van der Waals surface area contributed by atoms with Crippen LogP contribution >= 0.6 is 11.3 Å². The van der Waals surface area contributed by atoms with E-state index >= 15 is 0 Å². The molecular weight excluding hydrogens is 386 g/mol. The number of nitrogens with zero attached hydrogens (tertiary/aromatic N) is 2. The van der Waals surface area contributed by atoms with Crippen LogP contribution in [-0.2, 0) is 17.8 Å². The second-order valence-corrected chi connectivity index (χ2v) is 7.09. The molecule has 0 spiro atoms. The van der Waals surface area contributed by atoms with Crippen LogP contribution in [0, 0.1) is 11.3 Å². The molecule has 0 unspecified atom stereocenters. The Morgan fingerprint density at radius 2 is 2.03 bits per heavy atom. The molecule has 146 valence electrons. The molecule has 0 aliphatic carbocycles. The highest BCUT2D eigenvalue weighted by molar-refractivity contribution is 7.10. The topological polar surface area (TPSA) is 83.7 Å². The van der Waals surface area contributed by atoms with Gasteiger partial charge in [-0.05, 0) is 52.9 Å². The number of rotatable bonds is 8. The van der Waals surface area contributed by atoms with E-state index in [0.29, 0.717) is 30.1 Å². The van der Waals surface area contributed by atoms with Gasteiger partial charge in [-0.2, -0.15) is 10.4 Å². The van der Waals surface area contributed by atoms with Crippen LogP contribution in [0.3, 0.4) is 0 Å². The molecule has 1 heterocycles. The van der Waals surface area contributed by atoms with Crippen LogP contribution in [0.25, 0.3) is 0 Å². The maximum absolute atomic E-state index is 11.9. The molecule has 0 atom stereocenters. The van der Waals surface area contributed by atoms with E-state index in [0.717, 1.165) is 16.0 Å². The molecule has 3 rings (SSSR count). The van der Waals surface area contributed by atoms with Crippen LogP contribution in [0.1, 0.15) is 21.6 Å². The quantitative estimate of drug-likeness (QED) is 0.455. The molecule has 0 aliphatic rings. The van der Waals surface area contributed by atoms with Crippen molar-refractivity contribution in [1.82, 2.24) is 5.43 Å². The highest BCUT2D eigenvalue weighted by Crippen LogP contribution is 2.28. The van der Waals surface area contributed by atoms with Gasteiger partial charge in [-0.1, -0.05) is 18.2 Å². The average Bonchev–Trinajstić information content (AvgIpc) is 3.26. The lowest BCUT2D eigenvalue weighted by Gasteiger charge is -2.11. The fraction of sp³-hybridized carbons (Fsp3) is 0.136. The lowest BCUT2D eigenvalue weighted by molar-refractivity contribution is -0.120. The van der Waals surface area contributed by atoms with Gasteiger partial charge in [-0.25, -0.2) is 5.43 Å². The highest BCUT2D eigenvalue weighted by atomic mass is 32.1. The minimum Gasteiger partial charge on any atom is -0.493 e. The van der Waals surface area contributed by atoms with Crippen LogP contribution < -0.4 is 14.9 Å². The second-order valence-electron chi connectivity index (χ2n) is 6.06. The number of hydrogen-bond donors (Lipinski definition) is 1. The third kappa shape index (κ3) is 5.92. The summed E-state index contributed by atoms with van der Waals surface area (Å²) < 4.78 is 11.2. The Kier molecular flexibility index (Phi) is 6.98. The standard InChI is InChI=1S/C22H19N3O3S/c1-27-21-11-18(14-24-25-22(26)12-19-3-2-10-29-19)8-9-20(21)28-15-17-6-4-16(13-23)5-7-17/h2-11,14H,12,15H2,1H3,(H,25,26)/b24-14-. The minimum absolute atomic E-state index is 0.168. The Hall–Kier alpha value is -3.63. The number of carbonyl (C=O) groups is 1. The van der Waals surface area contributed by atoms with Crippen LogP contribution in [0.4, 0.5) is 0 Å². The van der Waals surface area contributed by atoms with Crippen LogP contribution in [-0.4, -0.2) is 19.2 Å². The van der Waals surface area contributed by atoms with E-state index in [1.165, 1.54) is 11.3 Å². The van der Waals surface area contributed by atoms with Gasteiger partial charge >= 0.3 is 0 Å². The lowest BCUT2D eigenvalue weighted by atomic mass is 10.1. The monoisotopic (exact) mass is 405 g/mol. The predicted molar refractivity (Wildman–Crippen MR) is 112 cm³/mol. The number of ether oxygens (including phenoxy) is 2. The molecule has 0 radical (unpaired) electrons. The molecule has 1 aromatic heterocycles. The number of benzene rings is 2. The maximum Gasteiger partial charge on any atom is 0.245 e. The molecule has 0 aliphatic heterocycles. The van der Waals surface area contributed by atoms with Crippen LogP contribution in [0.5, 0.6) is 11.5 Å². The lowest BCUT2D eigenvalue weighted by Crippen LogP contribution is -2.19. The zero-order chi connectivity index (χ0) is 20.5. The molecule has 6 nitrogen and oxygen atoms in total. The normalized spacial score (nSPS) is 10.5. The van der Waals surface area contributed by atoms with E-state index in [1.807, 2.05) is 35.7 Å². The van der Waals surface area contributed by atoms with Crippen molar-refractivity contribution in [2.75, 3.05) is 7.11 Å². The summed E-state index contributed by atoms with van der Waals surface area (Å²) in [5.41, 5.74) is 4.85. The van der Waals surface area contributed by atoms with Gasteiger partial charge in [-0.15, -0.1) is 11.3 Å². The van der Waals surface area contributed by atoms with E-state index in [4.69, 9.17) is 14.7 Å². The van der Waals surface area contributed by atoms with Gasteiger partial charge in [-0.3, -0.25) is 4.79 Å². The van der Waals surface area contributed by atoms with Gasteiger partial charge in [0, 0.05) is 4.88 Å². The molecule has 0 saturated carbocycles. The predicted octanol–water partition coefficient (Wildman–Crippen LogP) is 3.90. The first-order chi connectivity index (χ1) is 14.2.